The summed E-state index contributed by atoms with van der Waals surface area (Å²) >= 11 is 0. The van der Waals surface area contributed by atoms with Crippen LogP contribution in [0.2, 0.25) is 0 Å². The van der Waals surface area contributed by atoms with Gasteiger partial charge in [0, 0.05) is 29.6 Å². The van der Waals surface area contributed by atoms with E-state index in [1.165, 1.54) is 7.11 Å². The molecule has 0 spiro atoms. The number of benzene rings is 3. The molecule has 0 saturated carbocycles. The number of fused-ring (bicyclic) bond motifs is 1. The van der Waals surface area contributed by atoms with E-state index in [9.17, 15) is 14.4 Å². The van der Waals surface area contributed by atoms with Crippen LogP contribution in [-0.4, -0.2) is 25.5 Å². The highest BCUT2D eigenvalue weighted by atomic mass is 16.5. The number of hydrogen-bond donors (Lipinski definition) is 2. The van der Waals surface area contributed by atoms with Gasteiger partial charge >= 0.3 is 0 Å². The molecular formula is C26H22N2O5. The summed E-state index contributed by atoms with van der Waals surface area (Å²) in [7, 11) is 1.44. The van der Waals surface area contributed by atoms with Crippen molar-refractivity contribution in [3.63, 3.8) is 0 Å². The number of hydrogen-bond acceptors (Lipinski definition) is 5. The maximum absolute atomic E-state index is 13.1. The van der Waals surface area contributed by atoms with Gasteiger partial charge in [0.05, 0.1) is 10.9 Å². The molecule has 0 bridgehead atoms. The molecule has 0 aliphatic rings. The first-order chi connectivity index (χ1) is 16.0. The Morgan fingerprint density at radius 1 is 0.879 bits per heavy atom. The largest absolute Gasteiger partial charge is 0.455 e. The van der Waals surface area contributed by atoms with E-state index in [0.717, 1.165) is 5.56 Å². The van der Waals surface area contributed by atoms with Crippen LogP contribution >= 0.6 is 0 Å². The molecular weight excluding hydrogens is 420 g/mol. The van der Waals surface area contributed by atoms with E-state index in [1.807, 2.05) is 30.3 Å². The van der Waals surface area contributed by atoms with Gasteiger partial charge in [-0.05, 0) is 43.3 Å². The van der Waals surface area contributed by atoms with Crippen molar-refractivity contribution in [1.82, 2.24) is 0 Å². The standard InChI is InChI=1S/C26H22N2O5/c1-16-23(30)20-9-6-10-21(25(20)33-24(16)17-7-4-3-5-8-17)26(31)28-19-13-11-18(12-14-19)27-22(29)15-32-2/h3-14H,15H2,1-2H3,(H,27,29)(H,28,31). The van der Waals surface area contributed by atoms with Gasteiger partial charge in [0.25, 0.3) is 5.91 Å². The fraction of sp³-hybridized carbons (Fsp3) is 0.115. The number of nitrogens with one attached hydrogen (secondary N) is 2. The minimum Gasteiger partial charge on any atom is -0.455 e. The Morgan fingerprint density at radius 2 is 1.55 bits per heavy atom. The Kier molecular flexibility index (Phi) is 6.33. The van der Waals surface area contributed by atoms with Crippen LogP contribution in [0.3, 0.4) is 0 Å². The van der Waals surface area contributed by atoms with Crippen molar-refractivity contribution in [2.75, 3.05) is 24.4 Å². The summed E-state index contributed by atoms with van der Waals surface area (Å²) in [6, 6.07) is 20.9. The fourth-order valence-electron chi connectivity index (χ4n) is 3.52. The van der Waals surface area contributed by atoms with Gasteiger partial charge in [0.15, 0.2) is 11.0 Å². The number of carbonyl (C=O) groups excluding carboxylic acids is 2. The van der Waals surface area contributed by atoms with Crippen LogP contribution in [0.1, 0.15) is 15.9 Å². The summed E-state index contributed by atoms with van der Waals surface area (Å²) in [4.78, 5) is 37.7. The molecule has 0 unspecified atom stereocenters. The van der Waals surface area contributed by atoms with Gasteiger partial charge in [0.2, 0.25) is 5.91 Å². The number of amides is 2. The molecule has 0 saturated heterocycles. The van der Waals surface area contributed by atoms with Crippen molar-refractivity contribution in [3.8, 4) is 11.3 Å². The van der Waals surface area contributed by atoms with Crippen molar-refractivity contribution in [3.05, 3.63) is 94.1 Å². The molecule has 7 nitrogen and oxygen atoms in total. The molecule has 3 aromatic carbocycles. The number of rotatable bonds is 6. The third-order valence-corrected chi connectivity index (χ3v) is 5.13. The summed E-state index contributed by atoms with van der Waals surface area (Å²) in [6.07, 6.45) is 0. The third kappa shape index (κ3) is 4.68. The highest BCUT2D eigenvalue weighted by molar-refractivity contribution is 6.11. The van der Waals surface area contributed by atoms with E-state index in [0.29, 0.717) is 28.1 Å². The van der Waals surface area contributed by atoms with Crippen molar-refractivity contribution >= 4 is 34.2 Å². The molecule has 2 N–H and O–H groups in total. The molecule has 0 fully saturated rings. The number of carbonyl (C=O) groups is 2. The molecule has 166 valence electrons. The van der Waals surface area contributed by atoms with Crippen LogP contribution < -0.4 is 16.1 Å². The van der Waals surface area contributed by atoms with Crippen molar-refractivity contribution < 1.29 is 18.7 Å². The SMILES string of the molecule is COCC(=O)Nc1ccc(NC(=O)c2cccc3c(=O)c(C)c(-c4ccccc4)oc23)cc1. The number of para-hydroxylation sites is 1. The fourth-order valence-corrected chi connectivity index (χ4v) is 3.52. The van der Waals surface area contributed by atoms with Crippen molar-refractivity contribution in [1.29, 1.82) is 0 Å². The molecule has 1 aromatic heterocycles. The van der Waals surface area contributed by atoms with Gasteiger partial charge in [-0.25, -0.2) is 0 Å². The Hall–Kier alpha value is -4.23. The first-order valence-corrected chi connectivity index (χ1v) is 10.3. The lowest BCUT2D eigenvalue weighted by molar-refractivity contribution is -0.119. The summed E-state index contributed by atoms with van der Waals surface area (Å²) in [5.41, 5.74) is 2.65. The third-order valence-electron chi connectivity index (χ3n) is 5.13. The maximum Gasteiger partial charge on any atom is 0.259 e. The van der Waals surface area contributed by atoms with E-state index >= 15 is 0 Å². The minimum atomic E-state index is -0.414. The van der Waals surface area contributed by atoms with Crippen LogP contribution in [-0.2, 0) is 9.53 Å². The predicted octanol–water partition coefficient (Wildman–Crippen LogP) is 4.61. The molecule has 4 rings (SSSR count). The molecule has 4 aromatic rings. The second-order valence-corrected chi connectivity index (χ2v) is 7.45. The van der Waals surface area contributed by atoms with Gasteiger partial charge in [-0.15, -0.1) is 0 Å². The van der Waals surface area contributed by atoms with Crippen molar-refractivity contribution in [2.24, 2.45) is 0 Å². The highest BCUT2D eigenvalue weighted by Crippen LogP contribution is 2.27. The van der Waals surface area contributed by atoms with E-state index in [-0.39, 0.29) is 29.1 Å². The second kappa shape index (κ2) is 9.50. The number of anilines is 2. The Balaban J connectivity index is 1.65. The van der Waals surface area contributed by atoms with E-state index < -0.39 is 5.91 Å². The molecule has 2 amide bonds. The molecule has 0 aliphatic heterocycles. The lowest BCUT2D eigenvalue weighted by atomic mass is 10.0. The van der Waals surface area contributed by atoms with Gasteiger partial charge in [-0.2, -0.15) is 0 Å². The summed E-state index contributed by atoms with van der Waals surface area (Å²) in [6.45, 7) is 1.67. The molecule has 0 aliphatic carbocycles. The monoisotopic (exact) mass is 442 g/mol. The number of ether oxygens (including phenoxy) is 1. The van der Waals surface area contributed by atoms with Gasteiger partial charge in [0.1, 0.15) is 12.4 Å². The van der Waals surface area contributed by atoms with Crippen LogP contribution in [0.4, 0.5) is 11.4 Å². The smallest absolute Gasteiger partial charge is 0.259 e. The summed E-state index contributed by atoms with van der Waals surface area (Å²) in [5.74, 6) is -0.253. The Morgan fingerprint density at radius 3 is 2.21 bits per heavy atom. The molecule has 1 heterocycles. The quantitative estimate of drug-likeness (QED) is 0.455. The van der Waals surface area contributed by atoms with Crippen LogP contribution in [0.5, 0.6) is 0 Å². The zero-order chi connectivity index (χ0) is 23.4. The highest BCUT2D eigenvalue weighted by Gasteiger charge is 2.18. The van der Waals surface area contributed by atoms with E-state index in [1.54, 1.807) is 49.4 Å². The first kappa shape index (κ1) is 22.0. The van der Waals surface area contributed by atoms with E-state index in [4.69, 9.17) is 9.15 Å². The first-order valence-electron chi connectivity index (χ1n) is 10.3. The summed E-state index contributed by atoms with van der Waals surface area (Å²) in [5, 5.41) is 5.84. The molecule has 0 atom stereocenters. The van der Waals surface area contributed by atoms with Gasteiger partial charge in [-0.3, -0.25) is 14.4 Å². The van der Waals surface area contributed by atoms with Crippen molar-refractivity contribution in [2.45, 2.75) is 6.92 Å². The van der Waals surface area contributed by atoms with E-state index in [2.05, 4.69) is 10.6 Å². The average molecular weight is 442 g/mol. The van der Waals surface area contributed by atoms with Gasteiger partial charge < -0.3 is 19.8 Å². The van der Waals surface area contributed by atoms with Gasteiger partial charge in [-0.1, -0.05) is 36.4 Å². The predicted molar refractivity (Wildman–Crippen MR) is 128 cm³/mol. The lowest BCUT2D eigenvalue weighted by Gasteiger charge is -2.11. The normalized spacial score (nSPS) is 10.7. The summed E-state index contributed by atoms with van der Waals surface area (Å²) < 4.78 is 10.9. The average Bonchev–Trinajstić information content (AvgIpc) is 2.83. The van der Waals surface area contributed by atoms with Crippen LogP contribution in [0.25, 0.3) is 22.3 Å². The van der Waals surface area contributed by atoms with Crippen LogP contribution in [0.15, 0.2) is 82.0 Å². The zero-order valence-electron chi connectivity index (χ0n) is 18.2. The second-order valence-electron chi connectivity index (χ2n) is 7.45. The molecule has 0 radical (unpaired) electrons. The Labute approximate surface area is 190 Å². The van der Waals surface area contributed by atoms with Crippen LogP contribution in [0, 0.1) is 6.92 Å². The Bertz CT molecular complexity index is 1380. The molecule has 7 heteroatoms. The zero-order valence-corrected chi connectivity index (χ0v) is 18.2. The minimum absolute atomic E-state index is 0.0464. The lowest BCUT2D eigenvalue weighted by Crippen LogP contribution is -2.17. The maximum atomic E-state index is 13.1. The topological polar surface area (TPSA) is 97.6 Å². The number of methoxy groups -OCH3 is 1. The molecule has 33 heavy (non-hydrogen) atoms.